The molecule has 5 nitrogen and oxygen atoms in total. The SMILES string of the molecule is CCOc1ccc(C2=N[C@@H](c3ccccc3Cl)N[C@@H](c3cccc(OCC)c3O)C2)cc1. The van der Waals surface area contributed by atoms with Crippen molar-refractivity contribution in [3.05, 3.63) is 88.4 Å². The van der Waals surface area contributed by atoms with Gasteiger partial charge in [0.25, 0.3) is 0 Å². The molecule has 0 saturated carbocycles. The van der Waals surface area contributed by atoms with Gasteiger partial charge in [0.05, 0.1) is 13.2 Å². The van der Waals surface area contributed by atoms with Gasteiger partial charge in [0.1, 0.15) is 11.9 Å². The third-order valence-electron chi connectivity index (χ3n) is 5.45. The molecule has 2 atom stereocenters. The Balaban J connectivity index is 1.74. The van der Waals surface area contributed by atoms with Crippen molar-refractivity contribution < 1.29 is 14.6 Å². The van der Waals surface area contributed by atoms with Gasteiger partial charge in [-0.15, -0.1) is 0 Å². The zero-order valence-corrected chi connectivity index (χ0v) is 19.0. The largest absolute Gasteiger partial charge is 0.504 e. The molecule has 1 heterocycles. The maximum Gasteiger partial charge on any atom is 0.162 e. The second-order valence-corrected chi connectivity index (χ2v) is 7.91. The average Bonchev–Trinajstić information content (AvgIpc) is 2.81. The first-order chi connectivity index (χ1) is 15.6. The zero-order chi connectivity index (χ0) is 22.5. The van der Waals surface area contributed by atoms with Gasteiger partial charge in [0.2, 0.25) is 0 Å². The van der Waals surface area contributed by atoms with Crippen LogP contribution in [0.5, 0.6) is 17.2 Å². The highest BCUT2D eigenvalue weighted by Crippen LogP contribution is 2.39. The number of phenolic OH excluding ortho intramolecular Hbond substituents is 1. The lowest BCUT2D eigenvalue weighted by molar-refractivity contribution is 0.313. The van der Waals surface area contributed by atoms with Crippen LogP contribution in [0.2, 0.25) is 5.02 Å². The first-order valence-electron chi connectivity index (χ1n) is 10.9. The molecule has 4 rings (SSSR count). The monoisotopic (exact) mass is 450 g/mol. The number of rotatable bonds is 7. The molecule has 32 heavy (non-hydrogen) atoms. The number of phenols is 1. The van der Waals surface area contributed by atoms with Gasteiger partial charge in [-0.1, -0.05) is 41.9 Å². The van der Waals surface area contributed by atoms with Crippen LogP contribution in [-0.4, -0.2) is 24.0 Å². The molecule has 0 aromatic heterocycles. The number of aromatic hydroxyl groups is 1. The predicted octanol–water partition coefficient (Wildman–Crippen LogP) is 6.07. The highest BCUT2D eigenvalue weighted by Gasteiger charge is 2.29. The summed E-state index contributed by atoms with van der Waals surface area (Å²) < 4.78 is 11.2. The minimum Gasteiger partial charge on any atom is -0.504 e. The number of benzene rings is 3. The van der Waals surface area contributed by atoms with E-state index in [2.05, 4.69) is 5.32 Å². The number of nitrogens with zero attached hydrogens (tertiary/aromatic N) is 1. The topological polar surface area (TPSA) is 63.1 Å². The Morgan fingerprint density at radius 1 is 0.938 bits per heavy atom. The van der Waals surface area contributed by atoms with Crippen molar-refractivity contribution in [2.75, 3.05) is 13.2 Å². The van der Waals surface area contributed by atoms with Crippen molar-refractivity contribution >= 4 is 17.3 Å². The number of nitrogens with one attached hydrogen (secondary N) is 1. The summed E-state index contributed by atoms with van der Waals surface area (Å²) >= 11 is 6.50. The lowest BCUT2D eigenvalue weighted by atomic mass is 9.93. The molecule has 0 amide bonds. The smallest absolute Gasteiger partial charge is 0.162 e. The van der Waals surface area contributed by atoms with E-state index in [-0.39, 0.29) is 18.0 Å². The molecule has 1 aliphatic heterocycles. The number of aliphatic imine (C=N–C) groups is 1. The Labute approximate surface area is 193 Å². The first kappa shape index (κ1) is 22.2. The highest BCUT2D eigenvalue weighted by atomic mass is 35.5. The summed E-state index contributed by atoms with van der Waals surface area (Å²) in [4.78, 5) is 4.99. The molecule has 0 aliphatic carbocycles. The maximum absolute atomic E-state index is 10.9. The fraction of sp³-hybridized carbons (Fsp3) is 0.269. The molecule has 1 aliphatic rings. The van der Waals surface area contributed by atoms with Gasteiger partial charge in [-0.05, 0) is 55.8 Å². The molecule has 0 radical (unpaired) electrons. The van der Waals surface area contributed by atoms with E-state index in [0.717, 1.165) is 28.2 Å². The molecule has 0 spiro atoms. The van der Waals surface area contributed by atoms with Gasteiger partial charge in [-0.3, -0.25) is 10.3 Å². The fourth-order valence-electron chi connectivity index (χ4n) is 3.94. The summed E-state index contributed by atoms with van der Waals surface area (Å²) in [6.45, 7) is 4.97. The average molecular weight is 451 g/mol. The van der Waals surface area contributed by atoms with Crippen LogP contribution in [0, 0.1) is 0 Å². The van der Waals surface area contributed by atoms with E-state index < -0.39 is 0 Å². The van der Waals surface area contributed by atoms with Crippen LogP contribution in [-0.2, 0) is 0 Å². The molecule has 0 unspecified atom stereocenters. The van der Waals surface area contributed by atoms with Gasteiger partial charge in [-0.2, -0.15) is 0 Å². The van der Waals surface area contributed by atoms with Crippen LogP contribution >= 0.6 is 11.6 Å². The van der Waals surface area contributed by atoms with E-state index in [0.29, 0.717) is 30.4 Å². The van der Waals surface area contributed by atoms with Crippen molar-refractivity contribution in [2.45, 2.75) is 32.5 Å². The number of halogens is 1. The lowest BCUT2D eigenvalue weighted by Gasteiger charge is -2.31. The van der Waals surface area contributed by atoms with Gasteiger partial charge in [0.15, 0.2) is 11.5 Å². The second-order valence-electron chi connectivity index (χ2n) is 7.51. The van der Waals surface area contributed by atoms with Crippen LogP contribution in [0.4, 0.5) is 0 Å². The molecule has 166 valence electrons. The molecular weight excluding hydrogens is 424 g/mol. The van der Waals surface area contributed by atoms with Crippen molar-refractivity contribution in [1.82, 2.24) is 5.32 Å². The summed E-state index contributed by atoms with van der Waals surface area (Å²) in [5.74, 6) is 1.45. The van der Waals surface area contributed by atoms with Crippen molar-refractivity contribution in [3.8, 4) is 17.2 Å². The Kier molecular flexibility index (Phi) is 6.98. The van der Waals surface area contributed by atoms with Crippen molar-refractivity contribution in [1.29, 1.82) is 0 Å². The van der Waals surface area contributed by atoms with Crippen molar-refractivity contribution in [2.24, 2.45) is 4.99 Å². The van der Waals surface area contributed by atoms with Gasteiger partial charge in [-0.25, -0.2) is 0 Å². The molecule has 0 fully saturated rings. The van der Waals surface area contributed by atoms with Crippen LogP contribution in [0.15, 0.2) is 71.7 Å². The maximum atomic E-state index is 10.9. The standard InChI is InChI=1S/C26H27ClN2O3/c1-3-31-18-14-12-17(13-15-18)22-16-23(20-9-7-11-24(25(20)30)32-4-2)29-26(28-22)19-8-5-6-10-21(19)27/h5-15,23,26,29-30H,3-4,16H2,1-2H3/t23-,26-/m1/s1. The van der Waals surface area contributed by atoms with Gasteiger partial charge >= 0.3 is 0 Å². The van der Waals surface area contributed by atoms with Crippen LogP contribution < -0.4 is 14.8 Å². The van der Waals surface area contributed by atoms with Crippen molar-refractivity contribution in [3.63, 3.8) is 0 Å². The predicted molar refractivity (Wildman–Crippen MR) is 128 cm³/mol. The fourth-order valence-corrected chi connectivity index (χ4v) is 4.18. The number of para-hydroxylation sites is 1. The molecule has 6 heteroatoms. The molecule has 0 saturated heterocycles. The van der Waals surface area contributed by atoms with Crippen LogP contribution in [0.25, 0.3) is 0 Å². The first-order valence-corrected chi connectivity index (χ1v) is 11.2. The summed E-state index contributed by atoms with van der Waals surface area (Å²) in [6.07, 6.45) is 0.261. The Hall–Kier alpha value is -3.02. The second kappa shape index (κ2) is 10.1. The van der Waals surface area contributed by atoms with E-state index in [4.69, 9.17) is 26.1 Å². The molecule has 2 N–H and O–H groups in total. The zero-order valence-electron chi connectivity index (χ0n) is 18.2. The molecular formula is C26H27ClN2O3. The number of hydrogen-bond donors (Lipinski definition) is 2. The molecule has 0 bridgehead atoms. The quantitative estimate of drug-likeness (QED) is 0.459. The van der Waals surface area contributed by atoms with Crippen LogP contribution in [0.1, 0.15) is 49.2 Å². The normalized spacial score (nSPS) is 18.2. The van der Waals surface area contributed by atoms with E-state index in [1.165, 1.54) is 0 Å². The Morgan fingerprint density at radius 2 is 1.66 bits per heavy atom. The van der Waals surface area contributed by atoms with Gasteiger partial charge in [0, 0.05) is 34.3 Å². The summed E-state index contributed by atoms with van der Waals surface area (Å²) in [5, 5.41) is 15.1. The minimum atomic E-state index is -0.348. The highest BCUT2D eigenvalue weighted by molar-refractivity contribution is 6.31. The Morgan fingerprint density at radius 3 is 2.38 bits per heavy atom. The van der Waals surface area contributed by atoms with Gasteiger partial charge < -0.3 is 14.6 Å². The lowest BCUT2D eigenvalue weighted by Crippen LogP contribution is -2.33. The van der Waals surface area contributed by atoms with E-state index in [1.807, 2.05) is 74.5 Å². The van der Waals surface area contributed by atoms with E-state index >= 15 is 0 Å². The molecule has 3 aromatic carbocycles. The Bertz CT molecular complexity index is 1100. The number of ether oxygens (including phenoxy) is 2. The van der Waals surface area contributed by atoms with Crippen LogP contribution in [0.3, 0.4) is 0 Å². The summed E-state index contributed by atoms with van der Waals surface area (Å²) in [5.41, 5.74) is 3.61. The third-order valence-corrected chi connectivity index (χ3v) is 5.79. The molecule has 3 aromatic rings. The minimum absolute atomic E-state index is 0.151. The van der Waals surface area contributed by atoms with E-state index in [1.54, 1.807) is 6.07 Å². The van der Waals surface area contributed by atoms with E-state index in [9.17, 15) is 5.11 Å². The summed E-state index contributed by atoms with van der Waals surface area (Å²) in [6, 6.07) is 21.1. The third kappa shape index (κ3) is 4.74. The summed E-state index contributed by atoms with van der Waals surface area (Å²) in [7, 11) is 0. The number of hydrogen-bond acceptors (Lipinski definition) is 5.